The molecule has 4 rings (SSSR count). The Labute approximate surface area is 256 Å². The summed E-state index contributed by atoms with van der Waals surface area (Å²) in [5, 5.41) is 7.74. The van der Waals surface area contributed by atoms with Crippen LogP contribution in [-0.2, 0) is 16.2 Å². The molecule has 0 aliphatic heterocycles. The van der Waals surface area contributed by atoms with Crippen LogP contribution in [0, 0.1) is 29.1 Å². The van der Waals surface area contributed by atoms with Crippen LogP contribution in [0.4, 0.5) is 54.0 Å². The van der Waals surface area contributed by atoms with Crippen molar-refractivity contribution in [3.05, 3.63) is 100 Å². The minimum atomic E-state index is -5.87. The summed E-state index contributed by atoms with van der Waals surface area (Å²) in [6.45, 7) is 9.87. The third-order valence-electron chi connectivity index (χ3n) is 7.38. The van der Waals surface area contributed by atoms with Gasteiger partial charge in [0, 0.05) is 11.0 Å². The van der Waals surface area contributed by atoms with Gasteiger partial charge in [-0.2, -0.15) is 26.3 Å². The molecule has 0 aliphatic rings. The van der Waals surface area contributed by atoms with Gasteiger partial charge in [0.15, 0.2) is 34.9 Å². The summed E-state index contributed by atoms with van der Waals surface area (Å²) in [7, 11) is 0. The Bertz CT molecular complexity index is 1700. The fourth-order valence-corrected chi connectivity index (χ4v) is 4.95. The van der Waals surface area contributed by atoms with Crippen LogP contribution in [0.3, 0.4) is 0 Å². The summed E-state index contributed by atoms with van der Waals surface area (Å²) in [5.41, 5.74) is -7.48. The van der Waals surface area contributed by atoms with Crippen LogP contribution in [0.1, 0.15) is 64.1 Å². The van der Waals surface area contributed by atoms with E-state index in [-0.39, 0.29) is 11.4 Å². The Morgan fingerprint density at radius 2 is 0.913 bits per heavy atom. The lowest BCUT2D eigenvalue weighted by molar-refractivity contribution is -0.288. The van der Waals surface area contributed by atoms with Gasteiger partial charge in [0.25, 0.3) is 0 Å². The second-order valence-electron chi connectivity index (χ2n) is 12.6. The van der Waals surface area contributed by atoms with Crippen molar-refractivity contribution in [2.45, 2.75) is 70.1 Å². The van der Waals surface area contributed by atoms with Gasteiger partial charge >= 0.3 is 12.4 Å². The quantitative estimate of drug-likeness (QED) is 0.131. The van der Waals surface area contributed by atoms with Crippen LogP contribution in [0.5, 0.6) is 0 Å². The van der Waals surface area contributed by atoms with E-state index in [9.17, 15) is 48.3 Å². The van der Waals surface area contributed by atoms with Crippen LogP contribution < -0.4 is 5.43 Å². The summed E-state index contributed by atoms with van der Waals surface area (Å²) in [5.74, 6) is -11.9. The largest absolute Gasteiger partial charge is 0.411 e. The van der Waals surface area contributed by atoms with Gasteiger partial charge in [-0.15, -0.1) is 10.2 Å². The number of rotatable bonds is 5. The Kier molecular flexibility index (Phi) is 8.50. The van der Waals surface area contributed by atoms with Crippen molar-refractivity contribution in [2.75, 3.05) is 5.43 Å². The molecule has 1 heterocycles. The third-order valence-corrected chi connectivity index (χ3v) is 7.38. The molecule has 0 bridgehead atoms. The Morgan fingerprint density at radius 1 is 0.522 bits per heavy atom. The lowest BCUT2D eigenvalue weighted by atomic mass is 9.72. The molecular formula is C31H27F11N4. The Hall–Kier alpha value is -4.17. The molecule has 1 aromatic heterocycles. The number of anilines is 1. The van der Waals surface area contributed by atoms with E-state index in [2.05, 4.69) is 10.2 Å². The molecule has 0 spiro atoms. The molecule has 0 radical (unpaired) electrons. The van der Waals surface area contributed by atoms with Crippen molar-refractivity contribution in [3.8, 4) is 11.4 Å². The van der Waals surface area contributed by atoms with Crippen LogP contribution in [0.15, 0.2) is 48.5 Å². The zero-order valence-corrected chi connectivity index (χ0v) is 25.1. The summed E-state index contributed by atoms with van der Waals surface area (Å²) in [6, 6.07) is 6.77. The van der Waals surface area contributed by atoms with Gasteiger partial charge in [0.05, 0.1) is 0 Å². The van der Waals surface area contributed by atoms with Gasteiger partial charge in [0.2, 0.25) is 11.2 Å². The first-order valence-electron chi connectivity index (χ1n) is 13.5. The molecule has 248 valence electrons. The highest BCUT2D eigenvalue weighted by Gasteiger charge is 2.72. The highest BCUT2D eigenvalue weighted by molar-refractivity contribution is 5.60. The van der Waals surface area contributed by atoms with Crippen LogP contribution in [0.2, 0.25) is 0 Å². The molecular weight excluding hydrogens is 637 g/mol. The fourth-order valence-electron chi connectivity index (χ4n) is 4.95. The molecule has 0 saturated carbocycles. The van der Waals surface area contributed by atoms with Crippen molar-refractivity contribution >= 4 is 5.69 Å². The topological polar surface area (TPSA) is 42.7 Å². The van der Waals surface area contributed by atoms with Crippen molar-refractivity contribution in [1.29, 1.82) is 0 Å². The Balaban J connectivity index is 1.92. The van der Waals surface area contributed by atoms with Crippen molar-refractivity contribution in [1.82, 2.24) is 14.9 Å². The molecule has 0 saturated heterocycles. The van der Waals surface area contributed by atoms with Gasteiger partial charge in [-0.1, -0.05) is 90.1 Å². The van der Waals surface area contributed by atoms with Gasteiger partial charge in [0.1, 0.15) is 5.69 Å². The molecule has 4 aromatic rings. The molecule has 0 amide bonds. The molecule has 0 aliphatic carbocycles. The maximum atomic E-state index is 14.7. The standard InChI is InChI=1S/C31H27F11N4/c1-27(2,3)16-11-13-18(14-12-16)29(30(37,38)39,31(40,41)42)17-9-7-15(8-10-17)25-43-44-26(28(4,5)6)46(25)45-24-22(35)20(33)19(32)21(34)23(24)36/h7-14,45H,1-6H3. The minimum Gasteiger partial charge on any atom is -0.285 e. The van der Waals surface area contributed by atoms with Crippen LogP contribution in [0.25, 0.3) is 11.4 Å². The molecule has 4 nitrogen and oxygen atoms in total. The molecule has 3 aromatic carbocycles. The highest BCUT2D eigenvalue weighted by atomic mass is 19.4. The number of halogens is 11. The number of aromatic nitrogens is 3. The van der Waals surface area contributed by atoms with E-state index in [0.717, 1.165) is 28.9 Å². The average molecular weight is 665 g/mol. The zero-order chi connectivity index (χ0) is 34.8. The number of hydrogen-bond donors (Lipinski definition) is 1. The summed E-state index contributed by atoms with van der Waals surface area (Å²) < 4.78 is 160. The molecule has 0 atom stereocenters. The maximum absolute atomic E-state index is 14.7. The average Bonchev–Trinajstić information content (AvgIpc) is 3.36. The van der Waals surface area contributed by atoms with Crippen molar-refractivity contribution < 1.29 is 48.3 Å². The first-order chi connectivity index (χ1) is 20.9. The number of benzene rings is 3. The first-order valence-corrected chi connectivity index (χ1v) is 13.5. The second kappa shape index (κ2) is 11.3. The van der Waals surface area contributed by atoms with E-state index in [1.807, 2.05) is 5.43 Å². The number of nitrogens with one attached hydrogen (secondary N) is 1. The monoisotopic (exact) mass is 664 g/mol. The second-order valence-corrected chi connectivity index (χ2v) is 12.6. The lowest BCUT2D eigenvalue weighted by Gasteiger charge is -2.38. The summed E-state index contributed by atoms with van der Waals surface area (Å²) in [4.78, 5) is 0. The molecule has 0 unspecified atom stereocenters. The van der Waals surface area contributed by atoms with E-state index in [0.29, 0.717) is 17.7 Å². The third kappa shape index (κ3) is 5.68. The maximum Gasteiger partial charge on any atom is 0.411 e. The van der Waals surface area contributed by atoms with E-state index in [1.165, 1.54) is 12.1 Å². The molecule has 1 N–H and O–H groups in total. The molecule has 46 heavy (non-hydrogen) atoms. The molecule has 0 fully saturated rings. The lowest BCUT2D eigenvalue weighted by Crippen LogP contribution is -2.54. The van der Waals surface area contributed by atoms with E-state index >= 15 is 0 Å². The highest BCUT2D eigenvalue weighted by Crippen LogP contribution is 2.56. The summed E-state index contributed by atoms with van der Waals surface area (Å²) >= 11 is 0. The number of nitrogens with zero attached hydrogens (tertiary/aromatic N) is 3. The fraction of sp³-hybridized carbons (Fsp3) is 0.355. The van der Waals surface area contributed by atoms with E-state index in [4.69, 9.17) is 0 Å². The van der Waals surface area contributed by atoms with Crippen molar-refractivity contribution in [3.63, 3.8) is 0 Å². The molecule has 15 heteroatoms. The van der Waals surface area contributed by atoms with E-state index in [1.54, 1.807) is 41.5 Å². The minimum absolute atomic E-state index is 0.130. The predicted molar refractivity (Wildman–Crippen MR) is 147 cm³/mol. The van der Waals surface area contributed by atoms with Gasteiger partial charge < -0.3 is 0 Å². The smallest absolute Gasteiger partial charge is 0.285 e. The van der Waals surface area contributed by atoms with Crippen LogP contribution in [-0.4, -0.2) is 27.2 Å². The zero-order valence-electron chi connectivity index (χ0n) is 25.1. The van der Waals surface area contributed by atoms with Gasteiger partial charge in [-0.05, 0) is 22.1 Å². The normalized spacial score (nSPS) is 13.3. The van der Waals surface area contributed by atoms with Crippen LogP contribution >= 0.6 is 0 Å². The van der Waals surface area contributed by atoms with E-state index < -0.39 is 80.3 Å². The van der Waals surface area contributed by atoms with Gasteiger partial charge in [-0.25, -0.2) is 26.6 Å². The predicted octanol–water partition coefficient (Wildman–Crippen LogP) is 9.52. The van der Waals surface area contributed by atoms with Crippen molar-refractivity contribution in [2.24, 2.45) is 0 Å². The Morgan fingerprint density at radius 3 is 1.30 bits per heavy atom. The number of hydrogen-bond acceptors (Lipinski definition) is 3. The summed E-state index contributed by atoms with van der Waals surface area (Å²) in [6.07, 6.45) is -11.7. The van der Waals surface area contributed by atoms with Gasteiger partial charge in [-0.3, -0.25) is 5.43 Å². The number of alkyl halides is 6. The first kappa shape index (κ1) is 34.7. The SMILES string of the molecule is CC(C)(C)c1ccc(C(c2ccc(-c3nnc(C(C)(C)C)n3Nc3c(F)c(F)c(F)c(F)c3F)cc2)(C(F)(F)F)C(F)(F)F)cc1.